The number of hydrogen-bond donors (Lipinski definition) is 1. The highest BCUT2D eigenvalue weighted by Crippen LogP contribution is 2.11. The molecule has 4 heteroatoms. The van der Waals surface area contributed by atoms with Crippen LogP contribution in [0.5, 0.6) is 0 Å². The van der Waals surface area contributed by atoms with Crippen molar-refractivity contribution in [3.05, 3.63) is 34.9 Å². The van der Waals surface area contributed by atoms with Crippen LogP contribution in [0.25, 0.3) is 0 Å². The first-order valence-electron chi connectivity index (χ1n) is 5.39. The molecule has 1 aromatic carbocycles. The molecular weight excluding hydrogens is 220 g/mol. The second-order valence-electron chi connectivity index (χ2n) is 4.08. The van der Waals surface area contributed by atoms with Crippen LogP contribution in [0.1, 0.15) is 23.6 Å². The summed E-state index contributed by atoms with van der Waals surface area (Å²) >= 11 is 0. The Labute approximate surface area is 100 Å². The van der Waals surface area contributed by atoms with Gasteiger partial charge in [-0.25, -0.2) is 4.79 Å². The molecule has 1 rings (SSSR count). The number of aliphatic hydroxyl groups excluding tert-OH is 1. The third-order valence-corrected chi connectivity index (χ3v) is 2.39. The van der Waals surface area contributed by atoms with Crippen LogP contribution in [0.3, 0.4) is 0 Å². The lowest BCUT2D eigenvalue weighted by atomic mass is 10.0. The molecule has 92 valence electrons. The summed E-state index contributed by atoms with van der Waals surface area (Å²) < 4.78 is 4.47. The highest BCUT2D eigenvalue weighted by molar-refractivity contribution is 5.88. The molecule has 0 bridgehead atoms. The minimum absolute atomic E-state index is 0.0323. The summed E-state index contributed by atoms with van der Waals surface area (Å²) in [6.07, 6.45) is -1.25. The molecule has 0 fully saturated rings. The number of ether oxygens (including phenoxy) is 1. The van der Waals surface area contributed by atoms with E-state index in [4.69, 9.17) is 5.11 Å². The maximum Gasteiger partial charge on any atom is 0.342 e. The Morgan fingerprint density at radius 3 is 2.53 bits per heavy atom. The maximum atomic E-state index is 11.4. The summed E-state index contributed by atoms with van der Waals surface area (Å²) in [5.74, 6) is -1.57. The Balaban J connectivity index is 2.65. The van der Waals surface area contributed by atoms with Crippen LogP contribution >= 0.6 is 0 Å². The van der Waals surface area contributed by atoms with Gasteiger partial charge in [0.05, 0.1) is 6.42 Å². The second-order valence-corrected chi connectivity index (χ2v) is 4.08. The van der Waals surface area contributed by atoms with E-state index in [2.05, 4.69) is 4.74 Å². The molecule has 0 amide bonds. The van der Waals surface area contributed by atoms with E-state index in [1.165, 1.54) is 6.92 Å². The first-order chi connectivity index (χ1) is 7.90. The molecule has 1 unspecified atom stereocenters. The number of hydrogen-bond acceptors (Lipinski definition) is 4. The molecule has 17 heavy (non-hydrogen) atoms. The Morgan fingerprint density at radius 1 is 1.35 bits per heavy atom. The van der Waals surface area contributed by atoms with Crippen molar-refractivity contribution in [2.75, 3.05) is 0 Å². The molecule has 0 aromatic heterocycles. The predicted octanol–water partition coefficient (Wildman–Crippen LogP) is 1.30. The lowest BCUT2D eigenvalue weighted by Crippen LogP contribution is -2.23. The van der Waals surface area contributed by atoms with Gasteiger partial charge in [-0.2, -0.15) is 0 Å². The van der Waals surface area contributed by atoms with Crippen LogP contribution in [0.2, 0.25) is 0 Å². The molecule has 0 radical (unpaired) electrons. The lowest BCUT2D eigenvalue weighted by Gasteiger charge is -2.07. The van der Waals surface area contributed by atoms with Gasteiger partial charge < -0.3 is 9.84 Å². The molecule has 0 heterocycles. The first-order valence-corrected chi connectivity index (χ1v) is 5.39. The molecule has 1 aromatic rings. The van der Waals surface area contributed by atoms with Gasteiger partial charge >= 0.3 is 11.9 Å². The number of aryl methyl sites for hydroxylation is 2. The van der Waals surface area contributed by atoms with Gasteiger partial charge in [-0.05, 0) is 31.9 Å². The Hall–Kier alpha value is -1.68. The normalized spacial score (nSPS) is 12.0. The van der Waals surface area contributed by atoms with Crippen LogP contribution in [-0.2, 0) is 20.7 Å². The second kappa shape index (κ2) is 5.59. The van der Waals surface area contributed by atoms with Gasteiger partial charge in [0, 0.05) is 0 Å². The van der Waals surface area contributed by atoms with Crippen LogP contribution in [-0.4, -0.2) is 23.1 Å². The van der Waals surface area contributed by atoms with Crippen molar-refractivity contribution in [3.63, 3.8) is 0 Å². The summed E-state index contributed by atoms with van der Waals surface area (Å²) in [5.41, 5.74) is 2.91. The van der Waals surface area contributed by atoms with E-state index in [1.807, 2.05) is 32.0 Å². The van der Waals surface area contributed by atoms with Gasteiger partial charge in [-0.15, -0.1) is 0 Å². The fraction of sp³-hybridized carbons (Fsp3) is 0.385. The van der Waals surface area contributed by atoms with E-state index in [9.17, 15) is 9.59 Å². The van der Waals surface area contributed by atoms with Gasteiger partial charge in [-0.3, -0.25) is 4.79 Å². The Bertz CT molecular complexity index is 435. The van der Waals surface area contributed by atoms with Crippen molar-refractivity contribution >= 4 is 11.9 Å². The van der Waals surface area contributed by atoms with Gasteiger partial charge in [0.1, 0.15) is 6.10 Å². The summed E-state index contributed by atoms with van der Waals surface area (Å²) in [4.78, 5) is 22.4. The summed E-state index contributed by atoms with van der Waals surface area (Å²) in [6, 6.07) is 5.68. The topological polar surface area (TPSA) is 63.6 Å². The Morgan fingerprint density at radius 2 is 2.00 bits per heavy atom. The van der Waals surface area contributed by atoms with Crippen molar-refractivity contribution in [3.8, 4) is 0 Å². The van der Waals surface area contributed by atoms with Gasteiger partial charge in [-0.1, -0.05) is 23.8 Å². The van der Waals surface area contributed by atoms with Crippen molar-refractivity contribution in [1.29, 1.82) is 0 Å². The largest absolute Gasteiger partial charge is 0.391 e. The molecule has 0 saturated heterocycles. The SMILES string of the molecule is Cc1ccc(CC(=O)OC(=O)C(C)O)c(C)c1. The molecule has 0 aliphatic heterocycles. The molecule has 1 atom stereocenters. The summed E-state index contributed by atoms with van der Waals surface area (Å²) in [5, 5.41) is 8.90. The number of aliphatic hydroxyl groups is 1. The molecular formula is C13H16O4. The van der Waals surface area contributed by atoms with E-state index in [0.29, 0.717) is 0 Å². The Kier molecular flexibility index (Phi) is 4.40. The zero-order valence-electron chi connectivity index (χ0n) is 10.2. The van der Waals surface area contributed by atoms with E-state index in [0.717, 1.165) is 16.7 Å². The number of carbonyl (C=O) groups excluding carboxylic acids is 2. The fourth-order valence-corrected chi connectivity index (χ4v) is 1.43. The molecule has 1 N–H and O–H groups in total. The van der Waals surface area contributed by atoms with E-state index >= 15 is 0 Å². The van der Waals surface area contributed by atoms with Gasteiger partial charge in [0.2, 0.25) is 0 Å². The predicted molar refractivity (Wildman–Crippen MR) is 62.4 cm³/mol. The number of benzene rings is 1. The summed E-state index contributed by atoms with van der Waals surface area (Å²) in [7, 11) is 0. The minimum Gasteiger partial charge on any atom is -0.391 e. The van der Waals surface area contributed by atoms with Crippen LogP contribution in [0, 0.1) is 13.8 Å². The molecule has 4 nitrogen and oxygen atoms in total. The fourth-order valence-electron chi connectivity index (χ4n) is 1.43. The van der Waals surface area contributed by atoms with Crippen LogP contribution in [0.4, 0.5) is 0 Å². The zero-order chi connectivity index (χ0) is 13.0. The third kappa shape index (κ3) is 4.00. The first kappa shape index (κ1) is 13.4. The molecule has 0 spiro atoms. The van der Waals surface area contributed by atoms with E-state index in [1.54, 1.807) is 0 Å². The molecule has 0 aliphatic carbocycles. The van der Waals surface area contributed by atoms with Crippen molar-refractivity contribution in [2.24, 2.45) is 0 Å². The number of rotatable bonds is 3. The number of carbonyl (C=O) groups is 2. The van der Waals surface area contributed by atoms with Crippen molar-refractivity contribution < 1.29 is 19.4 Å². The standard InChI is InChI=1S/C13H16O4/c1-8-4-5-11(9(2)6-8)7-12(15)17-13(16)10(3)14/h4-6,10,14H,7H2,1-3H3. The monoisotopic (exact) mass is 236 g/mol. The van der Waals surface area contributed by atoms with Crippen molar-refractivity contribution in [1.82, 2.24) is 0 Å². The van der Waals surface area contributed by atoms with Gasteiger partial charge in [0.25, 0.3) is 0 Å². The van der Waals surface area contributed by atoms with Gasteiger partial charge in [0.15, 0.2) is 0 Å². The highest BCUT2D eigenvalue weighted by Gasteiger charge is 2.16. The van der Waals surface area contributed by atoms with Crippen LogP contribution in [0.15, 0.2) is 18.2 Å². The average molecular weight is 236 g/mol. The average Bonchev–Trinajstić information content (AvgIpc) is 2.22. The molecule has 0 saturated carbocycles. The summed E-state index contributed by atoms with van der Waals surface area (Å²) in [6.45, 7) is 5.12. The molecule has 0 aliphatic rings. The quantitative estimate of drug-likeness (QED) is 0.634. The zero-order valence-corrected chi connectivity index (χ0v) is 10.2. The smallest absolute Gasteiger partial charge is 0.342 e. The number of esters is 2. The lowest BCUT2D eigenvalue weighted by molar-refractivity contribution is -0.164. The van der Waals surface area contributed by atoms with Crippen molar-refractivity contribution in [2.45, 2.75) is 33.3 Å². The minimum atomic E-state index is -1.28. The van der Waals surface area contributed by atoms with E-state index < -0.39 is 18.0 Å². The maximum absolute atomic E-state index is 11.4. The van der Waals surface area contributed by atoms with Crippen LogP contribution < -0.4 is 0 Å². The van der Waals surface area contributed by atoms with E-state index in [-0.39, 0.29) is 6.42 Å². The highest BCUT2D eigenvalue weighted by atomic mass is 16.6. The third-order valence-electron chi connectivity index (χ3n) is 2.39.